The molecule has 1 radical (unpaired) electrons. The second-order valence-electron chi connectivity index (χ2n) is 7.89. The quantitative estimate of drug-likeness (QED) is 0.714. The van der Waals surface area contributed by atoms with Crippen molar-refractivity contribution >= 4 is 17.7 Å². The van der Waals surface area contributed by atoms with Crippen LogP contribution in [0.2, 0.25) is 0 Å². The van der Waals surface area contributed by atoms with Gasteiger partial charge in [-0.2, -0.15) is 0 Å². The smallest absolute Gasteiger partial charge is 0.240 e. The fraction of sp³-hybridized carbons (Fsp3) is 0.789. The second-order valence-corrected chi connectivity index (χ2v) is 7.89. The number of amides is 3. The van der Waals surface area contributed by atoms with E-state index in [4.69, 9.17) is 0 Å². The standard InChI is InChI=1S/C19H34N3O3/c1-6-7-11-21(5)17(24)15(14-16(23)20-19(2,3)4)18(25)22-12-9-8-10-13-22/h6-14H2,1-5H3,(H,20,23). The van der Waals surface area contributed by atoms with Gasteiger partial charge < -0.3 is 15.1 Å². The van der Waals surface area contributed by atoms with Crippen LogP contribution in [-0.2, 0) is 14.4 Å². The Morgan fingerprint density at radius 1 is 1.08 bits per heavy atom. The van der Waals surface area contributed by atoms with E-state index in [1.165, 1.54) is 0 Å². The van der Waals surface area contributed by atoms with Crippen LogP contribution >= 0.6 is 0 Å². The predicted molar refractivity (Wildman–Crippen MR) is 98.7 cm³/mol. The summed E-state index contributed by atoms with van der Waals surface area (Å²) in [5.74, 6) is -0.808. The van der Waals surface area contributed by atoms with E-state index < -0.39 is 5.54 Å². The van der Waals surface area contributed by atoms with E-state index in [0.717, 1.165) is 32.1 Å². The molecular weight excluding hydrogens is 318 g/mol. The first-order chi connectivity index (χ1) is 11.7. The summed E-state index contributed by atoms with van der Waals surface area (Å²) in [6.07, 6.45) is 4.69. The van der Waals surface area contributed by atoms with Gasteiger partial charge in [-0.15, -0.1) is 0 Å². The molecule has 1 aliphatic rings. The molecule has 25 heavy (non-hydrogen) atoms. The molecule has 0 saturated carbocycles. The Morgan fingerprint density at radius 3 is 2.20 bits per heavy atom. The second kappa shape index (κ2) is 9.78. The molecule has 0 unspecified atom stereocenters. The van der Waals surface area contributed by atoms with Crippen LogP contribution in [0.3, 0.4) is 0 Å². The van der Waals surface area contributed by atoms with Gasteiger partial charge in [0.15, 0.2) is 5.92 Å². The Balaban J connectivity index is 2.86. The summed E-state index contributed by atoms with van der Waals surface area (Å²) in [5.41, 5.74) is -0.395. The van der Waals surface area contributed by atoms with E-state index in [1.54, 1.807) is 16.8 Å². The number of hydrogen-bond acceptors (Lipinski definition) is 3. The van der Waals surface area contributed by atoms with Crippen LogP contribution in [0.4, 0.5) is 0 Å². The molecule has 0 aromatic rings. The molecule has 0 spiro atoms. The average molecular weight is 352 g/mol. The molecule has 0 bridgehead atoms. The number of rotatable bonds is 7. The number of carbonyl (C=O) groups is 3. The fourth-order valence-electron chi connectivity index (χ4n) is 2.88. The van der Waals surface area contributed by atoms with Gasteiger partial charge in [0.05, 0.1) is 6.42 Å². The number of nitrogens with zero attached hydrogens (tertiary/aromatic N) is 2. The van der Waals surface area contributed by atoms with E-state index in [2.05, 4.69) is 12.2 Å². The number of piperidine rings is 1. The average Bonchev–Trinajstić information content (AvgIpc) is 2.55. The van der Waals surface area contributed by atoms with Gasteiger partial charge in [0.2, 0.25) is 17.7 Å². The third-order valence-electron chi connectivity index (χ3n) is 4.21. The first-order valence-corrected chi connectivity index (χ1v) is 9.37. The third kappa shape index (κ3) is 7.45. The summed E-state index contributed by atoms with van der Waals surface area (Å²) in [4.78, 5) is 41.3. The lowest BCUT2D eigenvalue weighted by molar-refractivity contribution is -0.140. The van der Waals surface area contributed by atoms with E-state index in [-0.39, 0.29) is 30.1 Å². The van der Waals surface area contributed by atoms with Gasteiger partial charge >= 0.3 is 0 Å². The monoisotopic (exact) mass is 352 g/mol. The minimum Gasteiger partial charge on any atom is -0.351 e. The van der Waals surface area contributed by atoms with E-state index in [9.17, 15) is 14.4 Å². The number of carbonyl (C=O) groups excluding carboxylic acids is 3. The van der Waals surface area contributed by atoms with Crippen LogP contribution in [0.1, 0.15) is 66.2 Å². The Bertz CT molecular complexity index is 465. The van der Waals surface area contributed by atoms with Crippen molar-refractivity contribution in [2.24, 2.45) is 0 Å². The van der Waals surface area contributed by atoms with Crippen molar-refractivity contribution in [1.29, 1.82) is 0 Å². The number of unbranched alkanes of at least 4 members (excludes halogenated alkanes) is 1. The van der Waals surface area contributed by atoms with Crippen molar-refractivity contribution < 1.29 is 14.4 Å². The summed E-state index contributed by atoms with van der Waals surface area (Å²) >= 11 is 0. The van der Waals surface area contributed by atoms with Crippen LogP contribution in [0.25, 0.3) is 0 Å². The molecule has 6 nitrogen and oxygen atoms in total. The molecule has 1 saturated heterocycles. The van der Waals surface area contributed by atoms with Crippen LogP contribution in [0.5, 0.6) is 0 Å². The Kier molecular flexibility index (Phi) is 8.39. The largest absolute Gasteiger partial charge is 0.351 e. The van der Waals surface area contributed by atoms with Gasteiger partial charge in [-0.1, -0.05) is 13.3 Å². The molecule has 143 valence electrons. The Hall–Kier alpha value is -1.59. The summed E-state index contributed by atoms with van der Waals surface area (Å²) in [6, 6.07) is 0. The fourth-order valence-corrected chi connectivity index (χ4v) is 2.88. The first-order valence-electron chi connectivity index (χ1n) is 9.37. The lowest BCUT2D eigenvalue weighted by Crippen LogP contribution is -2.48. The zero-order chi connectivity index (χ0) is 19.0. The Labute approximate surface area is 152 Å². The normalized spacial score (nSPS) is 15.2. The first kappa shape index (κ1) is 21.5. The maximum atomic E-state index is 12.9. The van der Waals surface area contributed by atoms with Crippen molar-refractivity contribution in [2.75, 3.05) is 26.7 Å². The Morgan fingerprint density at radius 2 is 1.68 bits per heavy atom. The van der Waals surface area contributed by atoms with Crippen molar-refractivity contribution in [3.8, 4) is 0 Å². The summed E-state index contributed by atoms with van der Waals surface area (Å²) in [6.45, 7) is 9.61. The highest BCUT2D eigenvalue weighted by molar-refractivity contribution is 6.16. The highest BCUT2D eigenvalue weighted by Crippen LogP contribution is 2.19. The van der Waals surface area contributed by atoms with Gasteiger partial charge in [0.25, 0.3) is 0 Å². The topological polar surface area (TPSA) is 69.7 Å². The molecule has 0 aliphatic carbocycles. The lowest BCUT2D eigenvalue weighted by Gasteiger charge is -2.31. The number of nitrogens with one attached hydrogen (secondary N) is 1. The van der Waals surface area contributed by atoms with Crippen LogP contribution in [0.15, 0.2) is 0 Å². The summed E-state index contributed by atoms with van der Waals surface area (Å²) in [7, 11) is 1.70. The molecule has 3 amide bonds. The van der Waals surface area contributed by atoms with Crippen LogP contribution < -0.4 is 5.32 Å². The van der Waals surface area contributed by atoms with Gasteiger partial charge in [0.1, 0.15) is 0 Å². The van der Waals surface area contributed by atoms with E-state index in [1.807, 2.05) is 20.8 Å². The highest BCUT2D eigenvalue weighted by atomic mass is 16.2. The van der Waals surface area contributed by atoms with Gasteiger partial charge in [-0.05, 0) is 46.5 Å². The predicted octanol–water partition coefficient (Wildman–Crippen LogP) is 2.14. The van der Waals surface area contributed by atoms with Crippen molar-refractivity contribution in [3.63, 3.8) is 0 Å². The molecule has 0 aromatic heterocycles. The lowest BCUT2D eigenvalue weighted by atomic mass is 9.98. The maximum Gasteiger partial charge on any atom is 0.240 e. The molecule has 1 fully saturated rings. The molecule has 1 heterocycles. The molecule has 1 aliphatic heterocycles. The minimum atomic E-state index is -0.395. The number of likely N-dealkylation sites (tertiary alicyclic amines) is 1. The SMILES string of the molecule is CCCCN(C)C(=O)[C](CC(=O)NC(C)(C)C)C(=O)N1CCCCC1. The van der Waals surface area contributed by atoms with Crippen LogP contribution in [0, 0.1) is 5.92 Å². The third-order valence-corrected chi connectivity index (χ3v) is 4.21. The zero-order valence-corrected chi connectivity index (χ0v) is 16.5. The summed E-state index contributed by atoms with van der Waals surface area (Å²) < 4.78 is 0. The highest BCUT2D eigenvalue weighted by Gasteiger charge is 2.36. The molecule has 1 N–H and O–H groups in total. The van der Waals surface area contributed by atoms with E-state index >= 15 is 0 Å². The molecule has 0 aromatic carbocycles. The molecule has 6 heteroatoms. The van der Waals surface area contributed by atoms with Gasteiger partial charge in [0, 0.05) is 32.2 Å². The van der Waals surface area contributed by atoms with E-state index in [0.29, 0.717) is 19.6 Å². The molecule has 1 rings (SSSR count). The molecular formula is C19H34N3O3. The molecule has 0 atom stereocenters. The van der Waals surface area contributed by atoms with Gasteiger partial charge in [-0.3, -0.25) is 14.4 Å². The van der Waals surface area contributed by atoms with Crippen molar-refractivity contribution in [2.45, 2.75) is 71.8 Å². The summed E-state index contributed by atoms with van der Waals surface area (Å²) in [5, 5.41) is 2.84. The van der Waals surface area contributed by atoms with Crippen LogP contribution in [-0.4, -0.2) is 59.7 Å². The maximum absolute atomic E-state index is 12.9. The zero-order valence-electron chi connectivity index (χ0n) is 16.5. The van der Waals surface area contributed by atoms with Gasteiger partial charge in [-0.25, -0.2) is 0 Å². The minimum absolute atomic E-state index is 0.0854. The number of hydrogen-bond donors (Lipinski definition) is 1. The van der Waals surface area contributed by atoms with Crippen molar-refractivity contribution in [3.05, 3.63) is 5.92 Å². The van der Waals surface area contributed by atoms with Crippen molar-refractivity contribution in [1.82, 2.24) is 15.1 Å².